The predicted octanol–water partition coefficient (Wildman–Crippen LogP) is 2.84. The zero-order valence-corrected chi connectivity index (χ0v) is 11.8. The predicted molar refractivity (Wildman–Crippen MR) is 77.0 cm³/mol. The van der Waals surface area contributed by atoms with Crippen LogP contribution in [0.1, 0.15) is 26.1 Å². The van der Waals surface area contributed by atoms with Gasteiger partial charge in [0.05, 0.1) is 0 Å². The highest BCUT2D eigenvalue weighted by atomic mass is 32.1. The average molecular weight is 276 g/mol. The number of rotatable bonds is 4. The lowest BCUT2D eigenvalue weighted by Crippen LogP contribution is -2.06. The molecule has 0 aliphatic carbocycles. The van der Waals surface area contributed by atoms with Gasteiger partial charge in [0.15, 0.2) is 4.77 Å². The highest BCUT2D eigenvalue weighted by Crippen LogP contribution is 2.16. The zero-order chi connectivity index (χ0) is 13.8. The molecule has 1 aromatic heterocycles. The number of aryl methyl sites for hydroxylation is 1. The molecular weight excluding hydrogens is 260 g/mol. The number of nitrogens with zero attached hydrogens (tertiary/aromatic N) is 2. The SMILES string of the molecule is CCCc1n[nH]c(=S)n1-c1ccc(NC(C)=O)cc1. The van der Waals surface area contributed by atoms with Crippen LogP contribution < -0.4 is 5.32 Å². The van der Waals surface area contributed by atoms with Crippen molar-refractivity contribution < 1.29 is 4.79 Å². The molecule has 2 aromatic rings. The molecule has 2 rings (SSSR count). The highest BCUT2D eigenvalue weighted by molar-refractivity contribution is 7.71. The smallest absolute Gasteiger partial charge is 0.221 e. The third-order valence-electron chi connectivity index (χ3n) is 2.66. The molecule has 5 nitrogen and oxygen atoms in total. The molecule has 0 unspecified atom stereocenters. The van der Waals surface area contributed by atoms with E-state index >= 15 is 0 Å². The van der Waals surface area contributed by atoms with Crippen molar-refractivity contribution in [2.75, 3.05) is 5.32 Å². The van der Waals surface area contributed by atoms with Crippen molar-refractivity contribution in [3.05, 3.63) is 34.9 Å². The summed E-state index contributed by atoms with van der Waals surface area (Å²) in [4.78, 5) is 11.0. The summed E-state index contributed by atoms with van der Waals surface area (Å²) in [5, 5.41) is 9.78. The number of aromatic amines is 1. The Balaban J connectivity index is 2.34. The lowest BCUT2D eigenvalue weighted by Gasteiger charge is -2.07. The minimum atomic E-state index is -0.0839. The van der Waals surface area contributed by atoms with Crippen LogP contribution >= 0.6 is 12.2 Å². The Morgan fingerprint density at radius 2 is 2.11 bits per heavy atom. The second-order valence-corrected chi connectivity index (χ2v) is 4.65. The van der Waals surface area contributed by atoms with Gasteiger partial charge < -0.3 is 5.32 Å². The van der Waals surface area contributed by atoms with Crippen LogP contribution in [0.3, 0.4) is 0 Å². The number of amides is 1. The maximum Gasteiger partial charge on any atom is 0.221 e. The van der Waals surface area contributed by atoms with Crippen molar-refractivity contribution in [1.82, 2.24) is 14.8 Å². The zero-order valence-electron chi connectivity index (χ0n) is 10.9. The minimum Gasteiger partial charge on any atom is -0.326 e. The fraction of sp³-hybridized carbons (Fsp3) is 0.308. The lowest BCUT2D eigenvalue weighted by molar-refractivity contribution is -0.114. The lowest BCUT2D eigenvalue weighted by atomic mass is 10.2. The number of H-pyrrole nitrogens is 1. The third kappa shape index (κ3) is 3.08. The Labute approximate surface area is 116 Å². The Kier molecular flexibility index (Phi) is 4.11. The van der Waals surface area contributed by atoms with Crippen molar-refractivity contribution in [2.24, 2.45) is 0 Å². The summed E-state index contributed by atoms with van der Waals surface area (Å²) in [6.07, 6.45) is 1.87. The molecule has 6 heteroatoms. The van der Waals surface area contributed by atoms with E-state index in [0.29, 0.717) is 4.77 Å². The van der Waals surface area contributed by atoms with E-state index in [1.54, 1.807) is 0 Å². The standard InChI is InChI=1S/C13H16N4OS/c1-3-4-12-15-16-13(19)17(12)11-7-5-10(6-8-11)14-9(2)18/h5-8H,3-4H2,1-2H3,(H,14,18)(H,16,19). The normalized spacial score (nSPS) is 10.4. The molecule has 1 heterocycles. The molecule has 100 valence electrons. The van der Waals surface area contributed by atoms with Gasteiger partial charge in [0.1, 0.15) is 5.82 Å². The van der Waals surface area contributed by atoms with Crippen LogP contribution in [0.4, 0.5) is 5.69 Å². The van der Waals surface area contributed by atoms with Gasteiger partial charge in [0.2, 0.25) is 5.91 Å². The summed E-state index contributed by atoms with van der Waals surface area (Å²) >= 11 is 5.25. The molecule has 0 fully saturated rings. The molecule has 2 N–H and O–H groups in total. The number of anilines is 1. The van der Waals surface area contributed by atoms with E-state index < -0.39 is 0 Å². The van der Waals surface area contributed by atoms with E-state index in [9.17, 15) is 4.79 Å². The van der Waals surface area contributed by atoms with Crippen molar-refractivity contribution in [3.63, 3.8) is 0 Å². The van der Waals surface area contributed by atoms with E-state index in [2.05, 4.69) is 22.4 Å². The van der Waals surface area contributed by atoms with Crippen LogP contribution in [0.25, 0.3) is 5.69 Å². The number of hydrogen-bond donors (Lipinski definition) is 2. The number of benzene rings is 1. The minimum absolute atomic E-state index is 0.0839. The summed E-state index contributed by atoms with van der Waals surface area (Å²) in [7, 11) is 0. The van der Waals surface area contributed by atoms with E-state index in [1.807, 2.05) is 28.8 Å². The Hall–Kier alpha value is -1.95. The fourth-order valence-electron chi connectivity index (χ4n) is 1.88. The topological polar surface area (TPSA) is 62.7 Å². The van der Waals surface area contributed by atoms with Crippen molar-refractivity contribution in [3.8, 4) is 5.69 Å². The number of aromatic nitrogens is 3. The number of nitrogens with one attached hydrogen (secondary N) is 2. The second kappa shape index (κ2) is 5.79. The average Bonchev–Trinajstić information content (AvgIpc) is 2.72. The fourth-order valence-corrected chi connectivity index (χ4v) is 2.14. The van der Waals surface area contributed by atoms with Gasteiger partial charge in [-0.3, -0.25) is 14.5 Å². The highest BCUT2D eigenvalue weighted by Gasteiger charge is 2.07. The first kappa shape index (κ1) is 13.5. The maximum atomic E-state index is 11.0. The molecule has 0 aliphatic rings. The molecule has 1 amide bonds. The first-order valence-electron chi connectivity index (χ1n) is 6.16. The summed E-state index contributed by atoms with van der Waals surface area (Å²) in [5.41, 5.74) is 1.71. The quantitative estimate of drug-likeness (QED) is 0.844. The van der Waals surface area contributed by atoms with Crippen LogP contribution in [0.2, 0.25) is 0 Å². The Morgan fingerprint density at radius 3 is 2.68 bits per heavy atom. The Bertz CT molecular complexity index is 627. The number of hydrogen-bond acceptors (Lipinski definition) is 3. The van der Waals surface area contributed by atoms with Gasteiger partial charge in [-0.05, 0) is 42.9 Å². The molecule has 0 bridgehead atoms. The molecule has 0 saturated heterocycles. The number of carbonyl (C=O) groups excluding carboxylic acids is 1. The maximum absolute atomic E-state index is 11.0. The van der Waals surface area contributed by atoms with Crippen LogP contribution in [0, 0.1) is 4.77 Å². The molecule has 0 radical (unpaired) electrons. The van der Waals surface area contributed by atoms with E-state index in [4.69, 9.17) is 12.2 Å². The van der Waals surface area contributed by atoms with Crippen molar-refractivity contribution >= 4 is 23.8 Å². The molecule has 0 spiro atoms. The van der Waals surface area contributed by atoms with Crippen molar-refractivity contribution in [1.29, 1.82) is 0 Å². The Morgan fingerprint density at radius 1 is 1.42 bits per heavy atom. The summed E-state index contributed by atoms with van der Waals surface area (Å²) in [5.74, 6) is 0.833. The van der Waals surface area contributed by atoms with E-state index in [1.165, 1.54) is 6.92 Å². The van der Waals surface area contributed by atoms with Gasteiger partial charge in [0, 0.05) is 24.7 Å². The summed E-state index contributed by atoms with van der Waals surface area (Å²) in [6, 6.07) is 7.52. The van der Waals surface area contributed by atoms with Crippen molar-refractivity contribution in [2.45, 2.75) is 26.7 Å². The van der Waals surface area contributed by atoms with Gasteiger partial charge in [-0.2, -0.15) is 5.10 Å². The summed E-state index contributed by atoms with van der Waals surface area (Å²) < 4.78 is 2.49. The summed E-state index contributed by atoms with van der Waals surface area (Å²) in [6.45, 7) is 3.58. The molecular formula is C13H16N4OS. The number of carbonyl (C=O) groups is 1. The first-order chi connectivity index (χ1) is 9.11. The van der Waals surface area contributed by atoms with Crippen LogP contribution in [-0.2, 0) is 11.2 Å². The molecule has 1 aromatic carbocycles. The molecule has 19 heavy (non-hydrogen) atoms. The monoisotopic (exact) mass is 276 g/mol. The van der Waals surface area contributed by atoms with Gasteiger partial charge in [-0.25, -0.2) is 0 Å². The molecule has 0 atom stereocenters. The third-order valence-corrected chi connectivity index (χ3v) is 2.94. The molecule has 0 saturated carbocycles. The molecule has 0 aliphatic heterocycles. The first-order valence-corrected chi connectivity index (χ1v) is 6.57. The largest absolute Gasteiger partial charge is 0.326 e. The van der Waals surface area contributed by atoms with Crippen LogP contribution in [0.15, 0.2) is 24.3 Å². The van der Waals surface area contributed by atoms with Crippen LogP contribution in [-0.4, -0.2) is 20.7 Å². The second-order valence-electron chi connectivity index (χ2n) is 4.26. The van der Waals surface area contributed by atoms with Crippen LogP contribution in [0.5, 0.6) is 0 Å². The van der Waals surface area contributed by atoms with E-state index in [-0.39, 0.29) is 5.91 Å². The van der Waals surface area contributed by atoms with Gasteiger partial charge in [-0.1, -0.05) is 6.92 Å². The van der Waals surface area contributed by atoms with Gasteiger partial charge >= 0.3 is 0 Å². The van der Waals surface area contributed by atoms with E-state index in [0.717, 1.165) is 30.0 Å². The van der Waals surface area contributed by atoms with Gasteiger partial charge in [0.25, 0.3) is 0 Å². The van der Waals surface area contributed by atoms with Gasteiger partial charge in [-0.15, -0.1) is 0 Å².